The maximum Gasteiger partial charge on any atom is 0.416 e. The Morgan fingerprint density at radius 1 is 1.33 bits per heavy atom. The molecule has 0 aromatic heterocycles. The van der Waals surface area contributed by atoms with Crippen molar-refractivity contribution >= 4 is 41.3 Å². The molecule has 0 aliphatic carbocycles. The lowest BCUT2D eigenvalue weighted by Gasteiger charge is -2.23. The molecule has 1 N–H and O–H groups in total. The smallest absolute Gasteiger partial charge is 0.416 e. The Bertz CT molecular complexity index is 707. The Kier molecular flexibility index (Phi) is 4.70. The highest BCUT2D eigenvalue weighted by Gasteiger charge is 2.31. The maximum atomic E-state index is 12.0. The lowest BCUT2D eigenvalue weighted by atomic mass is 10.2. The molecule has 2 aliphatic heterocycles. The molecular formula is C15H14N2O6S. The van der Waals surface area contributed by atoms with E-state index in [1.54, 1.807) is 6.07 Å². The topological polar surface area (TPSA) is 102 Å². The first-order valence-corrected chi connectivity index (χ1v) is 8.12. The number of fused-ring (bicyclic) bond motifs is 1. The standard InChI is InChI=1S/C15H14N2O6S/c18-12(17-5-6-22-15(17)21)8-23-13(19)7-11-14(20)16-9-3-1-2-4-10(9)24-11/h1-4,11H,5-8H2,(H,16,20)/t11-/m1/s1. The van der Waals surface area contributed by atoms with Crippen molar-refractivity contribution in [2.75, 3.05) is 25.1 Å². The molecule has 0 unspecified atom stereocenters. The SMILES string of the molecule is O=C(C[C@H]1Sc2ccccc2NC1=O)OCC(=O)N1CCOC1=O. The van der Waals surface area contributed by atoms with Crippen molar-refractivity contribution in [3.8, 4) is 0 Å². The number of esters is 1. The molecule has 2 heterocycles. The Labute approximate surface area is 141 Å². The molecule has 0 spiro atoms. The fourth-order valence-corrected chi connectivity index (χ4v) is 3.37. The second kappa shape index (κ2) is 6.91. The number of benzene rings is 1. The zero-order chi connectivity index (χ0) is 17.1. The molecule has 24 heavy (non-hydrogen) atoms. The van der Waals surface area contributed by atoms with Crippen LogP contribution >= 0.6 is 11.8 Å². The minimum atomic E-state index is -0.741. The van der Waals surface area contributed by atoms with Gasteiger partial charge in [0.2, 0.25) is 5.91 Å². The highest BCUT2D eigenvalue weighted by molar-refractivity contribution is 8.01. The summed E-state index contributed by atoms with van der Waals surface area (Å²) in [4.78, 5) is 48.6. The number of nitrogens with one attached hydrogen (secondary N) is 1. The van der Waals surface area contributed by atoms with Crippen LogP contribution in [-0.2, 0) is 23.9 Å². The predicted octanol–water partition coefficient (Wildman–Crippen LogP) is 1.01. The van der Waals surface area contributed by atoms with Crippen LogP contribution in [0.3, 0.4) is 0 Å². The quantitative estimate of drug-likeness (QED) is 0.809. The van der Waals surface area contributed by atoms with Crippen molar-refractivity contribution in [2.24, 2.45) is 0 Å². The van der Waals surface area contributed by atoms with Gasteiger partial charge in [0.1, 0.15) is 6.61 Å². The number of hydrogen-bond donors (Lipinski definition) is 1. The largest absolute Gasteiger partial charge is 0.456 e. The summed E-state index contributed by atoms with van der Waals surface area (Å²) in [7, 11) is 0. The summed E-state index contributed by atoms with van der Waals surface area (Å²) < 4.78 is 9.50. The molecule has 1 aromatic rings. The molecule has 3 rings (SSSR count). The fourth-order valence-electron chi connectivity index (χ4n) is 2.28. The summed E-state index contributed by atoms with van der Waals surface area (Å²) in [5.74, 6) is -1.61. The van der Waals surface area contributed by atoms with Crippen LogP contribution in [0.2, 0.25) is 0 Å². The Balaban J connectivity index is 1.51. The average Bonchev–Trinajstić information content (AvgIpc) is 2.99. The lowest BCUT2D eigenvalue weighted by Crippen LogP contribution is -2.36. The van der Waals surface area contributed by atoms with Gasteiger partial charge in [-0.25, -0.2) is 9.69 Å². The fraction of sp³-hybridized carbons (Fsp3) is 0.333. The van der Waals surface area contributed by atoms with Crippen LogP contribution in [0.25, 0.3) is 0 Å². The summed E-state index contributed by atoms with van der Waals surface area (Å²) in [6.45, 7) is -0.271. The number of nitrogens with zero attached hydrogens (tertiary/aromatic N) is 1. The molecule has 3 amide bonds. The number of amides is 3. The normalized spacial score (nSPS) is 19.3. The molecule has 2 aliphatic rings. The van der Waals surface area contributed by atoms with Gasteiger partial charge in [-0.2, -0.15) is 0 Å². The zero-order valence-electron chi connectivity index (χ0n) is 12.5. The van der Waals surface area contributed by atoms with Crippen molar-refractivity contribution < 1.29 is 28.7 Å². The first-order chi connectivity index (χ1) is 11.5. The number of anilines is 1. The maximum absolute atomic E-state index is 12.0. The average molecular weight is 350 g/mol. The van der Waals surface area contributed by atoms with Crippen LogP contribution in [0, 0.1) is 0 Å². The minimum Gasteiger partial charge on any atom is -0.456 e. The molecule has 1 atom stereocenters. The molecule has 8 nitrogen and oxygen atoms in total. The Hall–Kier alpha value is -2.55. The summed E-state index contributed by atoms with van der Waals surface area (Å²) in [5, 5.41) is 2.10. The van der Waals surface area contributed by atoms with Gasteiger partial charge in [-0.05, 0) is 12.1 Å². The van der Waals surface area contributed by atoms with Crippen molar-refractivity contribution in [1.29, 1.82) is 0 Å². The summed E-state index contributed by atoms with van der Waals surface area (Å²) in [6, 6.07) is 7.28. The Morgan fingerprint density at radius 2 is 2.12 bits per heavy atom. The van der Waals surface area contributed by atoms with E-state index in [-0.39, 0.29) is 25.5 Å². The second-order valence-corrected chi connectivity index (χ2v) is 6.36. The van der Waals surface area contributed by atoms with Gasteiger partial charge < -0.3 is 14.8 Å². The predicted molar refractivity (Wildman–Crippen MR) is 83.4 cm³/mol. The Morgan fingerprint density at radius 3 is 2.88 bits per heavy atom. The van der Waals surface area contributed by atoms with Crippen LogP contribution in [0.4, 0.5) is 10.5 Å². The monoisotopic (exact) mass is 350 g/mol. The number of carbonyl (C=O) groups is 4. The van der Waals surface area contributed by atoms with Gasteiger partial charge in [-0.3, -0.25) is 14.4 Å². The van der Waals surface area contributed by atoms with E-state index in [9.17, 15) is 19.2 Å². The van der Waals surface area contributed by atoms with E-state index in [1.165, 1.54) is 11.8 Å². The molecule has 126 valence electrons. The molecule has 9 heteroatoms. The van der Waals surface area contributed by atoms with E-state index in [1.807, 2.05) is 18.2 Å². The first kappa shape index (κ1) is 16.3. The molecule has 0 bridgehead atoms. The van der Waals surface area contributed by atoms with Gasteiger partial charge in [0, 0.05) is 4.90 Å². The highest BCUT2D eigenvalue weighted by atomic mass is 32.2. The van der Waals surface area contributed by atoms with Gasteiger partial charge in [0.25, 0.3) is 5.91 Å². The van der Waals surface area contributed by atoms with Gasteiger partial charge in [0.05, 0.1) is 23.9 Å². The number of cyclic esters (lactones) is 1. The number of hydrogen-bond acceptors (Lipinski definition) is 7. The molecule has 1 saturated heterocycles. The summed E-state index contributed by atoms with van der Waals surface area (Å²) in [5.41, 5.74) is 0.708. The van der Waals surface area contributed by atoms with Crippen LogP contribution < -0.4 is 5.32 Å². The van der Waals surface area contributed by atoms with Gasteiger partial charge in [-0.15, -0.1) is 11.8 Å². The number of rotatable bonds is 4. The zero-order valence-corrected chi connectivity index (χ0v) is 13.3. The molecule has 0 radical (unpaired) electrons. The van der Waals surface area contributed by atoms with Crippen molar-refractivity contribution in [3.05, 3.63) is 24.3 Å². The minimum absolute atomic E-state index is 0.136. The van der Waals surface area contributed by atoms with Gasteiger partial charge in [0.15, 0.2) is 6.61 Å². The van der Waals surface area contributed by atoms with Crippen molar-refractivity contribution in [3.63, 3.8) is 0 Å². The van der Waals surface area contributed by atoms with Crippen LogP contribution in [0.5, 0.6) is 0 Å². The van der Waals surface area contributed by atoms with E-state index >= 15 is 0 Å². The van der Waals surface area contributed by atoms with Gasteiger partial charge >= 0.3 is 12.1 Å². The van der Waals surface area contributed by atoms with E-state index in [0.717, 1.165) is 9.80 Å². The van der Waals surface area contributed by atoms with E-state index in [4.69, 9.17) is 4.74 Å². The molecule has 1 aromatic carbocycles. The summed E-state index contributed by atoms with van der Waals surface area (Å²) in [6.07, 6.45) is -0.905. The number of thioether (sulfide) groups is 1. The molecule has 1 fully saturated rings. The second-order valence-electron chi connectivity index (χ2n) is 5.12. The van der Waals surface area contributed by atoms with Crippen LogP contribution in [-0.4, -0.2) is 53.8 Å². The van der Waals surface area contributed by atoms with E-state index in [2.05, 4.69) is 10.1 Å². The molecule has 0 saturated carbocycles. The third kappa shape index (κ3) is 3.51. The van der Waals surface area contributed by atoms with Crippen molar-refractivity contribution in [1.82, 2.24) is 4.90 Å². The lowest BCUT2D eigenvalue weighted by molar-refractivity contribution is -0.151. The van der Waals surface area contributed by atoms with E-state index in [0.29, 0.717) is 5.69 Å². The number of ether oxygens (including phenoxy) is 2. The third-order valence-corrected chi connectivity index (χ3v) is 4.75. The van der Waals surface area contributed by atoms with Crippen molar-refractivity contribution in [2.45, 2.75) is 16.6 Å². The number of para-hydroxylation sites is 1. The number of carbonyl (C=O) groups excluding carboxylic acids is 4. The molecular weight excluding hydrogens is 336 g/mol. The summed E-state index contributed by atoms with van der Waals surface area (Å²) >= 11 is 1.27. The number of imide groups is 1. The van der Waals surface area contributed by atoms with E-state index < -0.39 is 29.8 Å². The first-order valence-electron chi connectivity index (χ1n) is 7.24. The van der Waals surface area contributed by atoms with Crippen LogP contribution in [0.15, 0.2) is 29.2 Å². The highest BCUT2D eigenvalue weighted by Crippen LogP contribution is 2.36. The van der Waals surface area contributed by atoms with Crippen LogP contribution in [0.1, 0.15) is 6.42 Å². The third-order valence-electron chi connectivity index (χ3n) is 3.48. The van der Waals surface area contributed by atoms with Gasteiger partial charge in [-0.1, -0.05) is 12.1 Å².